The minimum Gasteiger partial charge on any atom is -0.356 e. The van der Waals surface area contributed by atoms with Crippen molar-refractivity contribution in [2.75, 3.05) is 12.2 Å². The topological polar surface area (TPSA) is 83.5 Å². The maximum absolute atomic E-state index is 10.4. The highest BCUT2D eigenvalue weighted by Gasteiger charge is 2.02. The molecule has 6 heteroatoms. The van der Waals surface area contributed by atoms with Crippen LogP contribution in [0.4, 0.5) is 0 Å². The Bertz CT molecular complexity index is 287. The van der Waals surface area contributed by atoms with E-state index in [1.165, 1.54) is 6.92 Å². The van der Waals surface area contributed by atoms with Crippen LogP contribution >= 0.6 is 0 Å². The molecule has 0 saturated carbocycles. The Hall–Kier alpha value is -0.620. The Morgan fingerprint density at radius 1 is 1.73 bits per heavy atom. The standard InChI is InChI=1S/C5H11NO4S/c1-5(7)6-3-2-4-11(8,9)10/h2-4H2,1H3,(H,6,7)(H,8,9,10)/i4D2. The third-order valence-corrected chi connectivity index (χ3v) is 1.35. The van der Waals surface area contributed by atoms with Crippen LogP contribution in [0.15, 0.2) is 0 Å². The summed E-state index contributed by atoms with van der Waals surface area (Å²) in [6, 6.07) is 0. The molecule has 1 amide bonds. The van der Waals surface area contributed by atoms with Crippen molar-refractivity contribution < 1.29 is 20.5 Å². The molecule has 0 heterocycles. The highest BCUT2D eigenvalue weighted by Crippen LogP contribution is 1.85. The molecule has 0 aromatic carbocycles. The lowest BCUT2D eigenvalue weighted by molar-refractivity contribution is -0.118. The van der Waals surface area contributed by atoms with Gasteiger partial charge >= 0.3 is 0 Å². The van der Waals surface area contributed by atoms with Crippen LogP contribution < -0.4 is 5.32 Å². The van der Waals surface area contributed by atoms with Crippen LogP contribution in [-0.2, 0) is 14.9 Å². The van der Waals surface area contributed by atoms with Crippen molar-refractivity contribution in [1.82, 2.24) is 5.32 Å². The van der Waals surface area contributed by atoms with E-state index < -0.39 is 22.2 Å². The molecule has 2 N–H and O–H groups in total. The van der Waals surface area contributed by atoms with Crippen LogP contribution in [0.3, 0.4) is 0 Å². The molecule has 0 rings (SSSR count). The van der Waals surface area contributed by atoms with E-state index in [0.717, 1.165) is 0 Å². The highest BCUT2D eigenvalue weighted by atomic mass is 32.2. The molecule has 11 heavy (non-hydrogen) atoms. The second-order valence-electron chi connectivity index (χ2n) is 1.85. The first kappa shape index (κ1) is 7.05. The molecular weight excluding hydrogens is 170 g/mol. The SMILES string of the molecule is [2H]C([2H])(CCNC(C)=O)S(=O)(=O)O. The first-order valence-electron chi connectivity index (χ1n) is 3.88. The van der Waals surface area contributed by atoms with Gasteiger partial charge in [0.05, 0.1) is 5.70 Å². The van der Waals surface area contributed by atoms with Crippen molar-refractivity contribution in [3.05, 3.63) is 0 Å². The van der Waals surface area contributed by atoms with E-state index in [-0.39, 0.29) is 12.5 Å². The maximum atomic E-state index is 10.4. The van der Waals surface area contributed by atoms with Crippen molar-refractivity contribution in [1.29, 1.82) is 0 Å². The predicted octanol–water partition coefficient (Wildman–Crippen LogP) is -0.600. The van der Waals surface area contributed by atoms with E-state index in [1.807, 2.05) is 0 Å². The van der Waals surface area contributed by atoms with Gasteiger partial charge < -0.3 is 5.32 Å². The second-order valence-corrected chi connectivity index (χ2v) is 3.09. The number of hydrogen-bond acceptors (Lipinski definition) is 3. The fraction of sp³-hybridized carbons (Fsp3) is 0.800. The van der Waals surface area contributed by atoms with Gasteiger partial charge in [0.15, 0.2) is 0 Å². The molecule has 0 saturated heterocycles. The van der Waals surface area contributed by atoms with Gasteiger partial charge in [-0.3, -0.25) is 9.35 Å². The van der Waals surface area contributed by atoms with E-state index in [1.54, 1.807) is 0 Å². The van der Waals surface area contributed by atoms with Crippen LogP contribution in [0.25, 0.3) is 0 Å². The summed E-state index contributed by atoms with van der Waals surface area (Å²) in [5.74, 6) is -0.383. The minimum atomic E-state index is -4.72. The van der Waals surface area contributed by atoms with Crippen molar-refractivity contribution >= 4 is 16.0 Å². The van der Waals surface area contributed by atoms with Crippen LogP contribution in [0.1, 0.15) is 16.1 Å². The molecule has 0 aromatic heterocycles. The molecule has 0 aliphatic rings. The third kappa shape index (κ3) is 9.38. The molecule has 0 unspecified atom stereocenters. The number of carbonyl (C=O) groups excluding carboxylic acids is 1. The maximum Gasteiger partial charge on any atom is 0.264 e. The summed E-state index contributed by atoms with van der Waals surface area (Å²) < 4.78 is 43.0. The van der Waals surface area contributed by atoms with Crippen LogP contribution in [0, 0.1) is 0 Å². The van der Waals surface area contributed by atoms with E-state index >= 15 is 0 Å². The normalized spacial score (nSPS) is 15.1. The Balaban J connectivity index is 4.13. The molecule has 0 fully saturated rings. The van der Waals surface area contributed by atoms with Gasteiger partial charge in [-0.2, -0.15) is 8.42 Å². The van der Waals surface area contributed by atoms with Gasteiger partial charge in [0.2, 0.25) is 5.91 Å². The first-order valence-corrected chi connectivity index (χ1v) is 4.32. The summed E-state index contributed by atoms with van der Waals surface area (Å²) >= 11 is 0. The van der Waals surface area contributed by atoms with Gasteiger partial charge in [-0.25, -0.2) is 0 Å². The molecule has 0 bridgehead atoms. The van der Waals surface area contributed by atoms with Gasteiger partial charge in [0.25, 0.3) is 10.1 Å². The lowest BCUT2D eigenvalue weighted by atomic mass is 10.5. The molecule has 0 atom stereocenters. The zero-order chi connectivity index (χ0) is 10.7. The highest BCUT2D eigenvalue weighted by molar-refractivity contribution is 7.85. The molecule has 0 aliphatic carbocycles. The van der Waals surface area contributed by atoms with Crippen molar-refractivity contribution in [2.45, 2.75) is 13.3 Å². The van der Waals surface area contributed by atoms with Gasteiger partial charge in [0, 0.05) is 16.2 Å². The van der Waals surface area contributed by atoms with Crippen LogP contribution in [-0.4, -0.2) is 31.1 Å². The first-order chi connectivity index (χ1) is 5.67. The van der Waals surface area contributed by atoms with Crippen molar-refractivity contribution in [2.24, 2.45) is 0 Å². The van der Waals surface area contributed by atoms with Crippen molar-refractivity contribution in [3.8, 4) is 0 Å². The Morgan fingerprint density at radius 3 is 2.64 bits per heavy atom. The quantitative estimate of drug-likeness (QED) is 0.570. The number of carbonyl (C=O) groups is 1. The molecule has 0 radical (unpaired) electrons. The Kier molecular flexibility index (Phi) is 2.76. The third-order valence-electron chi connectivity index (χ3n) is 0.783. The summed E-state index contributed by atoms with van der Waals surface area (Å²) in [6.45, 7) is 1.09. The number of rotatable bonds is 4. The lowest BCUT2D eigenvalue weighted by Crippen LogP contribution is -2.22. The summed E-state index contributed by atoms with van der Waals surface area (Å²) in [5, 5.41) is 2.22. The summed E-state index contributed by atoms with van der Waals surface area (Å²) in [5.41, 5.74) is -2.71. The van der Waals surface area contributed by atoms with Crippen LogP contribution in [0.2, 0.25) is 0 Å². The average molecular weight is 183 g/mol. The molecular formula is C5H11NO4S. The van der Waals surface area contributed by atoms with Crippen molar-refractivity contribution in [3.63, 3.8) is 0 Å². The Labute approximate surface area is 68.3 Å². The smallest absolute Gasteiger partial charge is 0.264 e. The Morgan fingerprint density at radius 2 is 2.27 bits per heavy atom. The predicted molar refractivity (Wildman–Crippen MR) is 39.7 cm³/mol. The minimum absolute atomic E-state index is 0.137. The van der Waals surface area contributed by atoms with E-state index in [0.29, 0.717) is 0 Å². The average Bonchev–Trinajstić information content (AvgIpc) is 1.82. The molecule has 5 nitrogen and oxygen atoms in total. The van der Waals surface area contributed by atoms with E-state index in [9.17, 15) is 13.2 Å². The molecule has 66 valence electrons. The molecule has 0 aromatic rings. The van der Waals surface area contributed by atoms with Gasteiger partial charge in [-0.1, -0.05) is 0 Å². The van der Waals surface area contributed by atoms with E-state index in [2.05, 4.69) is 5.32 Å². The number of hydrogen-bond donors (Lipinski definition) is 2. The summed E-state index contributed by atoms with van der Waals surface area (Å²) in [6.07, 6.45) is -0.481. The van der Waals surface area contributed by atoms with E-state index in [4.69, 9.17) is 7.29 Å². The zero-order valence-electron chi connectivity index (χ0n) is 7.99. The van der Waals surface area contributed by atoms with Gasteiger partial charge in [-0.15, -0.1) is 0 Å². The largest absolute Gasteiger partial charge is 0.356 e. The number of amides is 1. The summed E-state index contributed by atoms with van der Waals surface area (Å²) in [4.78, 5) is 10.3. The fourth-order valence-corrected chi connectivity index (χ4v) is 0.779. The second kappa shape index (κ2) is 4.30. The lowest BCUT2D eigenvalue weighted by Gasteiger charge is -1.98. The number of nitrogens with one attached hydrogen (secondary N) is 1. The zero-order valence-corrected chi connectivity index (χ0v) is 6.81. The summed E-state index contributed by atoms with van der Waals surface area (Å²) in [7, 11) is -4.72. The van der Waals surface area contributed by atoms with Crippen LogP contribution in [0.5, 0.6) is 0 Å². The monoisotopic (exact) mass is 183 g/mol. The molecule has 0 spiro atoms. The molecule has 0 aliphatic heterocycles. The fourth-order valence-electron chi connectivity index (χ4n) is 0.419. The van der Waals surface area contributed by atoms with Gasteiger partial charge in [0.1, 0.15) is 0 Å². The van der Waals surface area contributed by atoms with Gasteiger partial charge in [-0.05, 0) is 6.42 Å².